The Morgan fingerprint density at radius 1 is 1.22 bits per heavy atom. The number of hydrogen-bond donors (Lipinski definition) is 1. The molecule has 0 aliphatic heterocycles. The molecule has 7 heteroatoms. The molecule has 1 aromatic carbocycles. The van der Waals surface area contributed by atoms with Crippen LogP contribution in [0.15, 0.2) is 24.3 Å². The van der Waals surface area contributed by atoms with Gasteiger partial charge in [-0.15, -0.1) is 0 Å². The highest BCUT2D eigenvalue weighted by atomic mass is 19.1. The van der Waals surface area contributed by atoms with Crippen LogP contribution in [0.1, 0.15) is 61.2 Å². The van der Waals surface area contributed by atoms with Gasteiger partial charge in [0.15, 0.2) is 0 Å². The summed E-state index contributed by atoms with van der Waals surface area (Å²) in [4.78, 5) is 26.5. The van der Waals surface area contributed by atoms with Gasteiger partial charge in [-0.2, -0.15) is 5.10 Å². The first kappa shape index (κ1) is 20.6. The van der Waals surface area contributed by atoms with Crippen LogP contribution in [-0.4, -0.2) is 40.1 Å². The van der Waals surface area contributed by atoms with Gasteiger partial charge in [0.2, 0.25) is 0 Å². The minimum atomic E-state index is -0.599. The number of halogens is 1. The molecule has 2 amide bonds. The standard InChI is InChI=1S/C20H27FN4O2/c1-7-24(6)19(27)13-9-10-14(21)15(11-13)22-18(26)16-12-17(20(3,4)5)23-25(16)8-2/h9-12H,7-8H2,1-6H3,(H,22,26). The van der Waals surface area contributed by atoms with E-state index in [2.05, 4.69) is 10.4 Å². The molecule has 0 saturated heterocycles. The number of hydrogen-bond acceptors (Lipinski definition) is 3. The lowest BCUT2D eigenvalue weighted by atomic mass is 9.92. The Balaban J connectivity index is 2.33. The number of rotatable bonds is 5. The molecule has 1 heterocycles. The summed E-state index contributed by atoms with van der Waals surface area (Å²) in [6.07, 6.45) is 0. The van der Waals surface area contributed by atoms with E-state index in [1.165, 1.54) is 23.1 Å². The zero-order valence-corrected chi connectivity index (χ0v) is 16.8. The zero-order valence-electron chi connectivity index (χ0n) is 16.8. The quantitative estimate of drug-likeness (QED) is 0.868. The lowest BCUT2D eigenvalue weighted by molar-refractivity contribution is 0.0802. The maximum Gasteiger partial charge on any atom is 0.274 e. The molecule has 6 nitrogen and oxygen atoms in total. The Morgan fingerprint density at radius 3 is 2.44 bits per heavy atom. The van der Waals surface area contributed by atoms with Crippen molar-refractivity contribution in [2.45, 2.75) is 46.6 Å². The number of carbonyl (C=O) groups excluding carboxylic acids is 2. The van der Waals surface area contributed by atoms with Gasteiger partial charge in [-0.1, -0.05) is 20.8 Å². The highest BCUT2D eigenvalue weighted by Gasteiger charge is 2.23. The monoisotopic (exact) mass is 374 g/mol. The van der Waals surface area contributed by atoms with E-state index >= 15 is 0 Å². The molecule has 146 valence electrons. The van der Waals surface area contributed by atoms with Crippen LogP contribution in [0.4, 0.5) is 10.1 Å². The first-order valence-electron chi connectivity index (χ1n) is 9.03. The first-order chi connectivity index (χ1) is 12.6. The highest BCUT2D eigenvalue weighted by molar-refractivity contribution is 6.04. The molecule has 27 heavy (non-hydrogen) atoms. The minimum Gasteiger partial charge on any atom is -0.342 e. The molecule has 0 aliphatic rings. The smallest absolute Gasteiger partial charge is 0.274 e. The van der Waals surface area contributed by atoms with Gasteiger partial charge in [0, 0.05) is 31.1 Å². The van der Waals surface area contributed by atoms with Crippen LogP contribution in [-0.2, 0) is 12.0 Å². The SMILES string of the molecule is CCN(C)C(=O)c1ccc(F)c(NC(=O)c2cc(C(C)(C)C)nn2CC)c1. The lowest BCUT2D eigenvalue weighted by Gasteiger charge is -2.15. The average molecular weight is 374 g/mol. The van der Waals surface area contributed by atoms with E-state index < -0.39 is 11.7 Å². The Hall–Kier alpha value is -2.70. The molecule has 1 N–H and O–H groups in total. The third-order valence-corrected chi connectivity index (χ3v) is 4.36. The average Bonchev–Trinajstić information content (AvgIpc) is 3.07. The second kappa shape index (κ2) is 7.90. The van der Waals surface area contributed by atoms with Gasteiger partial charge < -0.3 is 10.2 Å². The van der Waals surface area contributed by atoms with E-state index in [0.717, 1.165) is 5.69 Å². The van der Waals surface area contributed by atoms with Crippen molar-refractivity contribution in [2.75, 3.05) is 18.9 Å². The third kappa shape index (κ3) is 4.53. The van der Waals surface area contributed by atoms with Crippen LogP contribution in [0.25, 0.3) is 0 Å². The predicted octanol–water partition coefficient (Wildman–Crippen LogP) is 3.68. The van der Waals surface area contributed by atoms with Gasteiger partial charge in [0.1, 0.15) is 11.5 Å². The van der Waals surface area contributed by atoms with E-state index in [1.807, 2.05) is 34.6 Å². The number of nitrogens with one attached hydrogen (secondary N) is 1. The van der Waals surface area contributed by atoms with Crippen molar-refractivity contribution in [3.63, 3.8) is 0 Å². The van der Waals surface area contributed by atoms with Crippen molar-refractivity contribution in [3.05, 3.63) is 47.0 Å². The number of aromatic nitrogens is 2. The molecule has 0 radical (unpaired) electrons. The summed E-state index contributed by atoms with van der Waals surface area (Å²) in [7, 11) is 1.66. The normalized spacial score (nSPS) is 11.4. The fraction of sp³-hybridized carbons (Fsp3) is 0.450. The van der Waals surface area contributed by atoms with Gasteiger partial charge in [-0.3, -0.25) is 14.3 Å². The summed E-state index contributed by atoms with van der Waals surface area (Å²) in [5, 5.41) is 7.04. The van der Waals surface area contributed by atoms with E-state index in [1.54, 1.807) is 17.8 Å². The van der Waals surface area contributed by atoms with Crippen molar-refractivity contribution in [3.8, 4) is 0 Å². The highest BCUT2D eigenvalue weighted by Crippen LogP contribution is 2.23. The summed E-state index contributed by atoms with van der Waals surface area (Å²) in [6, 6.07) is 5.67. The summed E-state index contributed by atoms with van der Waals surface area (Å²) in [6.45, 7) is 10.8. The van der Waals surface area contributed by atoms with Crippen molar-refractivity contribution >= 4 is 17.5 Å². The van der Waals surface area contributed by atoms with Gasteiger partial charge in [0.05, 0.1) is 11.4 Å². The number of anilines is 1. The molecule has 0 aliphatic carbocycles. The first-order valence-corrected chi connectivity index (χ1v) is 9.03. The summed E-state index contributed by atoms with van der Waals surface area (Å²) in [5.74, 6) is -1.30. The summed E-state index contributed by atoms with van der Waals surface area (Å²) < 4.78 is 15.8. The Labute approximate surface area is 159 Å². The van der Waals surface area contributed by atoms with Crippen LogP contribution in [0.2, 0.25) is 0 Å². The van der Waals surface area contributed by atoms with Crippen LogP contribution >= 0.6 is 0 Å². The Bertz CT molecular complexity index is 852. The Morgan fingerprint density at radius 2 is 1.89 bits per heavy atom. The van der Waals surface area contributed by atoms with Crippen LogP contribution in [0.3, 0.4) is 0 Å². The maximum atomic E-state index is 14.2. The molecular formula is C20H27FN4O2. The van der Waals surface area contributed by atoms with E-state index in [-0.39, 0.29) is 17.0 Å². The number of amides is 2. The molecule has 2 aromatic rings. The van der Waals surface area contributed by atoms with Crippen molar-refractivity contribution in [1.29, 1.82) is 0 Å². The molecule has 0 atom stereocenters. The summed E-state index contributed by atoms with van der Waals surface area (Å²) in [5.41, 5.74) is 1.21. The summed E-state index contributed by atoms with van der Waals surface area (Å²) >= 11 is 0. The van der Waals surface area contributed by atoms with Crippen molar-refractivity contribution in [1.82, 2.24) is 14.7 Å². The fourth-order valence-corrected chi connectivity index (χ4v) is 2.51. The second-order valence-electron chi connectivity index (χ2n) is 7.45. The minimum absolute atomic E-state index is 0.0310. The number of aryl methyl sites for hydroxylation is 1. The molecule has 0 fully saturated rings. The van der Waals surface area contributed by atoms with Gasteiger partial charge >= 0.3 is 0 Å². The molecule has 0 unspecified atom stereocenters. The van der Waals surface area contributed by atoms with E-state index in [9.17, 15) is 14.0 Å². The second-order valence-corrected chi connectivity index (χ2v) is 7.45. The van der Waals surface area contributed by atoms with Crippen LogP contribution < -0.4 is 5.32 Å². The molecular weight excluding hydrogens is 347 g/mol. The Kier molecular flexibility index (Phi) is 6.03. The number of benzene rings is 1. The van der Waals surface area contributed by atoms with Crippen molar-refractivity contribution < 1.29 is 14.0 Å². The van der Waals surface area contributed by atoms with Crippen LogP contribution in [0.5, 0.6) is 0 Å². The predicted molar refractivity (Wildman–Crippen MR) is 104 cm³/mol. The van der Waals surface area contributed by atoms with Crippen LogP contribution in [0, 0.1) is 5.82 Å². The maximum absolute atomic E-state index is 14.2. The lowest BCUT2D eigenvalue weighted by Crippen LogP contribution is -2.26. The molecule has 0 bridgehead atoms. The van der Waals surface area contributed by atoms with Crippen molar-refractivity contribution in [2.24, 2.45) is 0 Å². The molecule has 2 rings (SSSR count). The number of nitrogens with zero attached hydrogens (tertiary/aromatic N) is 3. The molecule has 0 saturated carbocycles. The van der Waals surface area contributed by atoms with E-state index in [4.69, 9.17) is 0 Å². The largest absolute Gasteiger partial charge is 0.342 e. The van der Waals surface area contributed by atoms with Gasteiger partial charge in [0.25, 0.3) is 11.8 Å². The number of carbonyl (C=O) groups is 2. The fourth-order valence-electron chi connectivity index (χ4n) is 2.51. The topological polar surface area (TPSA) is 67.2 Å². The third-order valence-electron chi connectivity index (χ3n) is 4.36. The van der Waals surface area contributed by atoms with E-state index in [0.29, 0.717) is 24.3 Å². The molecule has 0 spiro atoms. The zero-order chi connectivity index (χ0) is 20.4. The van der Waals surface area contributed by atoms with Gasteiger partial charge in [-0.25, -0.2) is 4.39 Å². The molecule has 1 aromatic heterocycles. The van der Waals surface area contributed by atoms with Gasteiger partial charge in [-0.05, 0) is 38.1 Å².